The third-order valence-corrected chi connectivity index (χ3v) is 6.42. The zero-order valence-electron chi connectivity index (χ0n) is 15.8. The Balaban J connectivity index is 1.26. The maximum absolute atomic E-state index is 12.7. The number of halogens is 1. The van der Waals surface area contributed by atoms with E-state index in [0.29, 0.717) is 12.2 Å². The third-order valence-electron chi connectivity index (χ3n) is 5.16. The first kappa shape index (κ1) is 19.0. The molecular weight excluding hydrogens is 464 g/mol. The summed E-state index contributed by atoms with van der Waals surface area (Å²) in [6, 6.07) is 15.2. The van der Waals surface area contributed by atoms with Crippen molar-refractivity contribution in [2.45, 2.75) is 6.42 Å². The molecule has 2 amide bonds. The normalized spacial score (nSPS) is 16.4. The van der Waals surface area contributed by atoms with Gasteiger partial charge in [-0.25, -0.2) is 4.98 Å². The summed E-state index contributed by atoms with van der Waals surface area (Å²) in [6.07, 6.45) is 4.17. The summed E-state index contributed by atoms with van der Waals surface area (Å²) >= 11 is 5.01. The lowest BCUT2D eigenvalue weighted by Gasteiger charge is -2.17. The molecule has 1 N–H and O–H groups in total. The maximum atomic E-state index is 12.7. The minimum Gasteiger partial charge on any atom is -0.326 e. The number of hydrogen-bond donors (Lipinski definition) is 1. The Hall–Kier alpha value is -2.97. The number of benzene rings is 2. The minimum absolute atomic E-state index is 0.0386. The fourth-order valence-corrected chi connectivity index (χ4v) is 4.70. The third kappa shape index (κ3) is 3.64. The summed E-state index contributed by atoms with van der Waals surface area (Å²) in [4.78, 5) is 32.4. The lowest BCUT2D eigenvalue weighted by Crippen LogP contribution is -2.28. The molecule has 0 bridgehead atoms. The van der Waals surface area contributed by atoms with Crippen molar-refractivity contribution in [3.63, 3.8) is 0 Å². The monoisotopic (exact) mass is 480 g/mol. The van der Waals surface area contributed by atoms with Crippen LogP contribution in [0.3, 0.4) is 0 Å². The Morgan fingerprint density at radius 3 is 2.80 bits per heavy atom. The van der Waals surface area contributed by atoms with E-state index >= 15 is 0 Å². The molecule has 5 rings (SSSR count). The molecule has 0 radical (unpaired) electrons. The van der Waals surface area contributed by atoms with E-state index in [2.05, 4.69) is 26.2 Å². The van der Waals surface area contributed by atoms with Crippen LogP contribution in [0.2, 0.25) is 0 Å². The molecule has 6 nitrogen and oxygen atoms in total. The van der Waals surface area contributed by atoms with Crippen LogP contribution < -0.4 is 10.2 Å². The molecule has 30 heavy (non-hydrogen) atoms. The molecule has 0 saturated carbocycles. The van der Waals surface area contributed by atoms with Crippen LogP contribution in [-0.2, 0) is 9.59 Å². The van der Waals surface area contributed by atoms with Crippen molar-refractivity contribution in [2.75, 3.05) is 16.8 Å². The lowest BCUT2D eigenvalue weighted by atomic mass is 10.1. The molecule has 2 aromatic carbocycles. The number of imidazole rings is 1. The first-order valence-electron chi connectivity index (χ1n) is 9.46. The predicted molar refractivity (Wildman–Crippen MR) is 122 cm³/mol. The van der Waals surface area contributed by atoms with Crippen LogP contribution in [0, 0.1) is 5.92 Å². The van der Waals surface area contributed by atoms with E-state index in [9.17, 15) is 9.59 Å². The van der Waals surface area contributed by atoms with Gasteiger partial charge in [-0.15, -0.1) is 11.3 Å². The van der Waals surface area contributed by atoms with E-state index in [1.807, 2.05) is 70.7 Å². The second kappa shape index (κ2) is 7.70. The number of amides is 2. The van der Waals surface area contributed by atoms with Gasteiger partial charge in [0.05, 0.1) is 11.6 Å². The van der Waals surface area contributed by atoms with E-state index in [4.69, 9.17) is 0 Å². The van der Waals surface area contributed by atoms with Crippen molar-refractivity contribution in [2.24, 2.45) is 5.92 Å². The van der Waals surface area contributed by atoms with Crippen molar-refractivity contribution in [3.05, 3.63) is 70.8 Å². The van der Waals surface area contributed by atoms with Gasteiger partial charge in [-0.2, -0.15) is 0 Å². The number of anilines is 2. The second-order valence-corrected chi connectivity index (χ2v) is 8.96. The molecule has 1 saturated heterocycles. The molecule has 150 valence electrons. The Morgan fingerprint density at radius 1 is 1.20 bits per heavy atom. The quantitative estimate of drug-likeness (QED) is 0.455. The van der Waals surface area contributed by atoms with Gasteiger partial charge in [0.1, 0.15) is 0 Å². The van der Waals surface area contributed by atoms with Crippen LogP contribution in [0.4, 0.5) is 11.4 Å². The predicted octanol–water partition coefficient (Wildman–Crippen LogP) is 4.82. The summed E-state index contributed by atoms with van der Waals surface area (Å²) in [6.45, 7) is 0.380. The van der Waals surface area contributed by atoms with Gasteiger partial charge in [0, 0.05) is 52.2 Å². The SMILES string of the molecule is O=C(Nc1ccc(-c2cn3ccsc3n2)cc1)C1CC(=O)N(c2cccc(Br)c2)C1. The van der Waals surface area contributed by atoms with Crippen molar-refractivity contribution in [3.8, 4) is 11.3 Å². The highest BCUT2D eigenvalue weighted by Gasteiger charge is 2.35. The highest BCUT2D eigenvalue weighted by molar-refractivity contribution is 9.10. The first-order valence-corrected chi connectivity index (χ1v) is 11.1. The molecule has 3 heterocycles. The van der Waals surface area contributed by atoms with Crippen molar-refractivity contribution < 1.29 is 9.59 Å². The van der Waals surface area contributed by atoms with Crippen molar-refractivity contribution in [1.82, 2.24) is 9.38 Å². The summed E-state index contributed by atoms with van der Waals surface area (Å²) in [5, 5.41) is 4.93. The van der Waals surface area contributed by atoms with Gasteiger partial charge in [-0.05, 0) is 30.3 Å². The number of fused-ring (bicyclic) bond motifs is 1. The van der Waals surface area contributed by atoms with Gasteiger partial charge < -0.3 is 10.2 Å². The fraction of sp³-hybridized carbons (Fsp3) is 0.136. The fourth-order valence-electron chi connectivity index (χ4n) is 3.61. The Kier molecular flexibility index (Phi) is 4.88. The second-order valence-electron chi connectivity index (χ2n) is 7.17. The maximum Gasteiger partial charge on any atom is 0.229 e. The average Bonchev–Trinajstić information content (AvgIpc) is 3.43. The molecule has 2 aromatic heterocycles. The molecule has 0 spiro atoms. The van der Waals surface area contributed by atoms with Gasteiger partial charge in [0.2, 0.25) is 11.8 Å². The first-order chi connectivity index (χ1) is 14.6. The average molecular weight is 481 g/mol. The zero-order chi connectivity index (χ0) is 20.7. The van der Waals surface area contributed by atoms with Crippen LogP contribution >= 0.6 is 27.3 Å². The number of rotatable bonds is 4. The molecule has 4 aromatic rings. The number of hydrogen-bond acceptors (Lipinski definition) is 4. The highest BCUT2D eigenvalue weighted by atomic mass is 79.9. The molecular formula is C22H17BrN4O2S. The largest absolute Gasteiger partial charge is 0.326 e. The van der Waals surface area contributed by atoms with Gasteiger partial charge in [-0.3, -0.25) is 14.0 Å². The Bertz CT molecular complexity index is 1220. The molecule has 1 aliphatic rings. The van der Waals surface area contributed by atoms with Crippen LogP contribution in [0.5, 0.6) is 0 Å². The van der Waals surface area contributed by atoms with Crippen molar-refractivity contribution in [1.29, 1.82) is 0 Å². The van der Waals surface area contributed by atoms with Gasteiger partial charge in [0.25, 0.3) is 0 Å². The summed E-state index contributed by atoms with van der Waals surface area (Å²) < 4.78 is 2.89. The Labute approximate surface area is 185 Å². The van der Waals surface area contributed by atoms with E-state index in [1.54, 1.807) is 16.2 Å². The molecule has 1 aliphatic heterocycles. The zero-order valence-corrected chi connectivity index (χ0v) is 18.2. The topological polar surface area (TPSA) is 66.7 Å². The Morgan fingerprint density at radius 2 is 2.03 bits per heavy atom. The van der Waals surface area contributed by atoms with Crippen molar-refractivity contribution >= 4 is 55.4 Å². The van der Waals surface area contributed by atoms with Crippen LogP contribution in [0.15, 0.2) is 70.8 Å². The minimum atomic E-state index is -0.379. The molecule has 0 aliphatic carbocycles. The number of aromatic nitrogens is 2. The standard InChI is InChI=1S/C22H17BrN4O2S/c23-16-2-1-3-18(11-16)27-12-15(10-20(27)28)21(29)24-17-6-4-14(5-7-17)19-13-26-8-9-30-22(26)25-19/h1-9,11,13,15H,10,12H2,(H,24,29). The number of nitrogens with one attached hydrogen (secondary N) is 1. The van der Waals surface area contributed by atoms with E-state index in [-0.39, 0.29) is 24.2 Å². The summed E-state index contributed by atoms with van der Waals surface area (Å²) in [5.74, 6) is -0.560. The smallest absolute Gasteiger partial charge is 0.229 e. The highest BCUT2D eigenvalue weighted by Crippen LogP contribution is 2.28. The van der Waals surface area contributed by atoms with Gasteiger partial charge >= 0.3 is 0 Å². The van der Waals surface area contributed by atoms with Gasteiger partial charge in [-0.1, -0.05) is 34.1 Å². The summed E-state index contributed by atoms with van der Waals surface area (Å²) in [7, 11) is 0. The van der Waals surface area contributed by atoms with E-state index < -0.39 is 0 Å². The number of thiazole rings is 1. The van der Waals surface area contributed by atoms with Crippen LogP contribution in [0.25, 0.3) is 16.2 Å². The summed E-state index contributed by atoms with van der Waals surface area (Å²) in [5.41, 5.74) is 3.39. The molecule has 1 fully saturated rings. The molecule has 1 unspecified atom stereocenters. The lowest BCUT2D eigenvalue weighted by molar-refractivity contribution is -0.122. The van der Waals surface area contributed by atoms with Crippen LogP contribution in [0.1, 0.15) is 6.42 Å². The van der Waals surface area contributed by atoms with E-state index in [1.165, 1.54) is 0 Å². The number of carbonyl (C=O) groups excluding carboxylic acids is 2. The van der Waals surface area contributed by atoms with Crippen LogP contribution in [-0.4, -0.2) is 27.7 Å². The number of carbonyl (C=O) groups is 2. The van der Waals surface area contributed by atoms with Gasteiger partial charge in [0.15, 0.2) is 4.96 Å². The molecule has 1 atom stereocenters. The molecule has 8 heteroatoms. The number of nitrogens with zero attached hydrogens (tertiary/aromatic N) is 3. The van der Waals surface area contributed by atoms with E-state index in [0.717, 1.165) is 26.4 Å².